The molecule has 0 saturated heterocycles. The Balaban J connectivity index is 2.33. The van der Waals surface area contributed by atoms with E-state index in [-0.39, 0.29) is 0 Å². The summed E-state index contributed by atoms with van der Waals surface area (Å²) in [5, 5.41) is 9.75. The van der Waals surface area contributed by atoms with Gasteiger partial charge in [-0.15, -0.1) is 0 Å². The van der Waals surface area contributed by atoms with Crippen LogP contribution in [0.3, 0.4) is 0 Å². The first kappa shape index (κ1) is 13.2. The fourth-order valence-electron chi connectivity index (χ4n) is 2.08. The van der Waals surface area contributed by atoms with Gasteiger partial charge < -0.3 is 9.84 Å². The molecule has 0 bridgehead atoms. The zero-order valence-corrected chi connectivity index (χ0v) is 11.5. The van der Waals surface area contributed by atoms with Crippen molar-refractivity contribution >= 4 is 12.2 Å². The van der Waals surface area contributed by atoms with Gasteiger partial charge in [0.05, 0.1) is 7.11 Å². The molecule has 0 spiro atoms. The number of phenols is 1. The summed E-state index contributed by atoms with van der Waals surface area (Å²) in [6.45, 7) is 3.81. The average Bonchev–Trinajstić information content (AvgIpc) is 2.42. The summed E-state index contributed by atoms with van der Waals surface area (Å²) in [4.78, 5) is 0. The minimum absolute atomic E-state index is 0.370. The second-order valence-electron chi connectivity index (χ2n) is 4.58. The molecule has 0 unspecified atom stereocenters. The molecule has 2 aromatic carbocycles. The van der Waals surface area contributed by atoms with Crippen molar-refractivity contribution in [2.24, 2.45) is 0 Å². The molecule has 2 heteroatoms. The van der Waals surface area contributed by atoms with Crippen LogP contribution in [0.15, 0.2) is 36.4 Å². The van der Waals surface area contributed by atoms with Crippen LogP contribution in [0.1, 0.15) is 22.3 Å². The molecule has 19 heavy (non-hydrogen) atoms. The number of para-hydroxylation sites is 1. The number of phenolic OH excluding ortho intramolecular Hbond substituents is 1. The lowest BCUT2D eigenvalue weighted by molar-refractivity contribution is 0.414. The second-order valence-corrected chi connectivity index (χ2v) is 4.58. The third-order valence-electron chi connectivity index (χ3n) is 3.11. The molecule has 2 aromatic rings. The lowest BCUT2D eigenvalue weighted by Gasteiger charge is -2.06. The number of methoxy groups -OCH3 is 1. The SMILES string of the molecule is COc1ccccc1/C=C/c1cc(C)c(O)c(C)c1. The number of hydrogen-bond acceptors (Lipinski definition) is 2. The van der Waals surface area contributed by atoms with Crippen LogP contribution in [0.4, 0.5) is 0 Å². The minimum atomic E-state index is 0.370. The minimum Gasteiger partial charge on any atom is -0.507 e. The van der Waals surface area contributed by atoms with Gasteiger partial charge in [0.25, 0.3) is 0 Å². The summed E-state index contributed by atoms with van der Waals surface area (Å²) in [5.41, 5.74) is 3.88. The van der Waals surface area contributed by atoms with Gasteiger partial charge in [0.15, 0.2) is 0 Å². The van der Waals surface area contributed by atoms with Crippen LogP contribution in [0, 0.1) is 13.8 Å². The molecule has 98 valence electrons. The molecule has 0 atom stereocenters. The Morgan fingerprint density at radius 3 is 2.26 bits per heavy atom. The van der Waals surface area contributed by atoms with E-state index in [2.05, 4.69) is 0 Å². The normalized spacial score (nSPS) is 10.9. The second kappa shape index (κ2) is 5.61. The quantitative estimate of drug-likeness (QED) is 0.832. The van der Waals surface area contributed by atoms with Gasteiger partial charge in [0.2, 0.25) is 0 Å². The Bertz CT molecular complexity index is 589. The van der Waals surface area contributed by atoms with E-state index in [1.165, 1.54) is 0 Å². The van der Waals surface area contributed by atoms with Crippen molar-refractivity contribution in [1.29, 1.82) is 0 Å². The van der Waals surface area contributed by atoms with E-state index < -0.39 is 0 Å². The number of ether oxygens (including phenoxy) is 1. The van der Waals surface area contributed by atoms with Crippen LogP contribution in [0.5, 0.6) is 11.5 Å². The van der Waals surface area contributed by atoms with Crippen molar-refractivity contribution < 1.29 is 9.84 Å². The van der Waals surface area contributed by atoms with E-state index in [0.29, 0.717) is 5.75 Å². The molecule has 0 aromatic heterocycles. The van der Waals surface area contributed by atoms with Crippen molar-refractivity contribution in [2.75, 3.05) is 7.11 Å². The topological polar surface area (TPSA) is 29.5 Å². The largest absolute Gasteiger partial charge is 0.507 e. The summed E-state index contributed by atoms with van der Waals surface area (Å²) in [6.07, 6.45) is 4.04. The number of rotatable bonds is 3. The van der Waals surface area contributed by atoms with Crippen molar-refractivity contribution in [1.82, 2.24) is 0 Å². The first-order valence-electron chi connectivity index (χ1n) is 6.23. The lowest BCUT2D eigenvalue weighted by Crippen LogP contribution is -1.86. The van der Waals surface area contributed by atoms with Crippen LogP contribution in [0.2, 0.25) is 0 Å². The maximum atomic E-state index is 9.75. The predicted molar refractivity (Wildman–Crippen MR) is 79.5 cm³/mol. The molecule has 0 aliphatic heterocycles. The Morgan fingerprint density at radius 2 is 1.63 bits per heavy atom. The first-order chi connectivity index (χ1) is 9.11. The summed E-state index contributed by atoms with van der Waals surface area (Å²) in [7, 11) is 1.67. The van der Waals surface area contributed by atoms with E-state index in [4.69, 9.17) is 4.74 Å². The van der Waals surface area contributed by atoms with Crippen molar-refractivity contribution in [3.05, 3.63) is 58.7 Å². The van der Waals surface area contributed by atoms with Gasteiger partial charge in [-0.1, -0.05) is 30.4 Å². The molecule has 0 aliphatic carbocycles. The molecule has 0 radical (unpaired) electrons. The monoisotopic (exact) mass is 254 g/mol. The Labute approximate surface area is 114 Å². The maximum Gasteiger partial charge on any atom is 0.126 e. The third-order valence-corrected chi connectivity index (χ3v) is 3.11. The molecule has 0 amide bonds. The Hall–Kier alpha value is -2.22. The molecule has 0 fully saturated rings. The maximum absolute atomic E-state index is 9.75. The molecular formula is C17H18O2. The highest BCUT2D eigenvalue weighted by Crippen LogP contribution is 2.25. The van der Waals surface area contributed by atoms with E-state index in [0.717, 1.165) is 28.0 Å². The fraction of sp³-hybridized carbons (Fsp3) is 0.176. The first-order valence-corrected chi connectivity index (χ1v) is 6.23. The van der Waals surface area contributed by atoms with E-state index in [1.54, 1.807) is 7.11 Å². The van der Waals surface area contributed by atoms with Gasteiger partial charge in [-0.3, -0.25) is 0 Å². The Kier molecular flexibility index (Phi) is 3.91. The molecule has 1 N–H and O–H groups in total. The fourth-order valence-corrected chi connectivity index (χ4v) is 2.08. The van der Waals surface area contributed by atoms with E-state index in [1.807, 2.05) is 62.4 Å². The lowest BCUT2D eigenvalue weighted by atomic mass is 10.0. The zero-order chi connectivity index (χ0) is 13.8. The van der Waals surface area contributed by atoms with E-state index in [9.17, 15) is 5.11 Å². The van der Waals surface area contributed by atoms with Crippen LogP contribution in [0.25, 0.3) is 12.2 Å². The van der Waals surface area contributed by atoms with Crippen LogP contribution < -0.4 is 4.74 Å². The van der Waals surface area contributed by atoms with E-state index >= 15 is 0 Å². The third kappa shape index (κ3) is 2.97. The predicted octanol–water partition coefficient (Wildman–Crippen LogP) is 4.19. The highest BCUT2D eigenvalue weighted by atomic mass is 16.5. The number of hydrogen-bond donors (Lipinski definition) is 1. The molecule has 2 nitrogen and oxygen atoms in total. The zero-order valence-electron chi connectivity index (χ0n) is 11.5. The van der Waals surface area contributed by atoms with Crippen LogP contribution >= 0.6 is 0 Å². The molecule has 0 saturated carbocycles. The Morgan fingerprint density at radius 1 is 1.00 bits per heavy atom. The van der Waals surface area contributed by atoms with Gasteiger partial charge in [0.1, 0.15) is 11.5 Å². The molecular weight excluding hydrogens is 236 g/mol. The highest BCUT2D eigenvalue weighted by molar-refractivity contribution is 5.73. The highest BCUT2D eigenvalue weighted by Gasteiger charge is 2.02. The van der Waals surface area contributed by atoms with Crippen molar-refractivity contribution in [3.8, 4) is 11.5 Å². The molecule has 0 heterocycles. The standard InChI is InChI=1S/C17H18O2/c1-12-10-14(11-13(2)17(12)18)8-9-15-6-4-5-7-16(15)19-3/h4-11,18H,1-3H3/b9-8+. The van der Waals surface area contributed by atoms with Gasteiger partial charge in [0, 0.05) is 5.56 Å². The van der Waals surface area contributed by atoms with Gasteiger partial charge in [-0.05, 0) is 48.7 Å². The summed E-state index contributed by atoms with van der Waals surface area (Å²) < 4.78 is 5.31. The number of aryl methyl sites for hydroxylation is 2. The van der Waals surface area contributed by atoms with Crippen LogP contribution in [-0.4, -0.2) is 12.2 Å². The summed E-state index contributed by atoms with van der Waals surface area (Å²) in [5.74, 6) is 1.22. The average molecular weight is 254 g/mol. The van der Waals surface area contributed by atoms with Crippen LogP contribution in [-0.2, 0) is 0 Å². The molecule has 0 aliphatic rings. The van der Waals surface area contributed by atoms with Gasteiger partial charge in [-0.2, -0.15) is 0 Å². The number of benzene rings is 2. The van der Waals surface area contributed by atoms with Gasteiger partial charge in [-0.25, -0.2) is 0 Å². The molecule has 2 rings (SSSR count). The van der Waals surface area contributed by atoms with Crippen molar-refractivity contribution in [2.45, 2.75) is 13.8 Å². The summed E-state index contributed by atoms with van der Waals surface area (Å²) >= 11 is 0. The number of aromatic hydroxyl groups is 1. The van der Waals surface area contributed by atoms with Crippen molar-refractivity contribution in [3.63, 3.8) is 0 Å². The summed E-state index contributed by atoms with van der Waals surface area (Å²) in [6, 6.07) is 11.8. The smallest absolute Gasteiger partial charge is 0.126 e. The van der Waals surface area contributed by atoms with Gasteiger partial charge >= 0.3 is 0 Å².